The van der Waals surface area contributed by atoms with Gasteiger partial charge in [-0.15, -0.1) is 5.10 Å². The Morgan fingerprint density at radius 1 is 1.21 bits per heavy atom. The summed E-state index contributed by atoms with van der Waals surface area (Å²) >= 11 is 0. The highest BCUT2D eigenvalue weighted by Crippen LogP contribution is 2.33. The molecule has 6 nitrogen and oxygen atoms in total. The summed E-state index contributed by atoms with van der Waals surface area (Å²) in [5.41, 5.74) is 3.75. The van der Waals surface area contributed by atoms with Gasteiger partial charge in [0.2, 0.25) is 11.9 Å². The lowest BCUT2D eigenvalue weighted by Crippen LogP contribution is -2.21. The van der Waals surface area contributed by atoms with Crippen LogP contribution in [-0.4, -0.2) is 27.6 Å². The molecule has 0 spiro atoms. The first-order valence-corrected chi connectivity index (χ1v) is 9.92. The zero-order valence-corrected chi connectivity index (χ0v) is 16.6. The van der Waals surface area contributed by atoms with Gasteiger partial charge in [0.1, 0.15) is 5.75 Å². The van der Waals surface area contributed by atoms with E-state index in [1.165, 1.54) is 5.56 Å². The standard InChI is InChI=1S/C22H26N4O2/c1-14(2)16-11-12-19(28-3)17(13-16)18-9-6-10-20-23-22(25-26(18)20)24-21(27)15-7-4-5-8-15/h6,9-15H,4-5,7-8H2,1-3H3,(H,24,25,27). The normalized spacial score (nSPS) is 14.7. The van der Waals surface area contributed by atoms with Crippen molar-refractivity contribution < 1.29 is 9.53 Å². The van der Waals surface area contributed by atoms with Gasteiger partial charge in [-0.05, 0) is 48.6 Å². The number of anilines is 1. The SMILES string of the molecule is COc1ccc(C(C)C)cc1-c1cccc2nc(NC(=O)C3CCCC3)nn12. The van der Waals surface area contributed by atoms with Crippen LogP contribution in [0.1, 0.15) is 51.0 Å². The van der Waals surface area contributed by atoms with Crippen LogP contribution in [0.3, 0.4) is 0 Å². The quantitative estimate of drug-likeness (QED) is 0.701. The Morgan fingerprint density at radius 2 is 2.00 bits per heavy atom. The summed E-state index contributed by atoms with van der Waals surface area (Å²) in [6.45, 7) is 4.33. The summed E-state index contributed by atoms with van der Waals surface area (Å²) in [6.07, 6.45) is 4.13. The Kier molecular flexibility index (Phi) is 5.03. The van der Waals surface area contributed by atoms with E-state index in [2.05, 4.69) is 41.4 Å². The van der Waals surface area contributed by atoms with E-state index in [0.717, 1.165) is 42.7 Å². The van der Waals surface area contributed by atoms with E-state index in [0.29, 0.717) is 17.5 Å². The van der Waals surface area contributed by atoms with Gasteiger partial charge in [-0.1, -0.05) is 38.8 Å². The molecule has 1 aliphatic rings. The molecule has 0 saturated heterocycles. The van der Waals surface area contributed by atoms with Gasteiger partial charge in [-0.25, -0.2) is 4.52 Å². The van der Waals surface area contributed by atoms with E-state index >= 15 is 0 Å². The topological polar surface area (TPSA) is 68.5 Å². The molecule has 1 saturated carbocycles. The molecular weight excluding hydrogens is 352 g/mol. The molecule has 2 aromatic heterocycles. The average molecular weight is 378 g/mol. The second-order valence-electron chi connectivity index (χ2n) is 7.70. The van der Waals surface area contributed by atoms with Crippen molar-refractivity contribution in [3.63, 3.8) is 0 Å². The fraction of sp³-hybridized carbons (Fsp3) is 0.409. The summed E-state index contributed by atoms with van der Waals surface area (Å²) < 4.78 is 7.36. The maximum absolute atomic E-state index is 12.4. The number of ether oxygens (including phenoxy) is 1. The van der Waals surface area contributed by atoms with Crippen molar-refractivity contribution in [2.24, 2.45) is 5.92 Å². The van der Waals surface area contributed by atoms with Gasteiger partial charge >= 0.3 is 0 Å². The highest BCUT2D eigenvalue weighted by Gasteiger charge is 2.24. The second-order valence-corrected chi connectivity index (χ2v) is 7.70. The van der Waals surface area contributed by atoms with E-state index in [4.69, 9.17) is 4.74 Å². The molecule has 0 radical (unpaired) electrons. The summed E-state index contributed by atoms with van der Waals surface area (Å²) in [5, 5.41) is 7.47. The molecule has 1 aliphatic carbocycles. The number of aromatic nitrogens is 3. The van der Waals surface area contributed by atoms with Crippen LogP contribution in [0.25, 0.3) is 16.9 Å². The molecule has 0 unspecified atom stereocenters. The number of hydrogen-bond acceptors (Lipinski definition) is 4. The van der Waals surface area contributed by atoms with Gasteiger partial charge in [-0.2, -0.15) is 4.98 Å². The van der Waals surface area contributed by atoms with Crippen molar-refractivity contribution in [1.82, 2.24) is 14.6 Å². The summed E-state index contributed by atoms with van der Waals surface area (Å²) in [7, 11) is 1.67. The van der Waals surface area contributed by atoms with Crippen LogP contribution in [-0.2, 0) is 4.79 Å². The first kappa shape index (κ1) is 18.5. The maximum Gasteiger partial charge on any atom is 0.249 e. The molecule has 1 fully saturated rings. The molecule has 1 amide bonds. The van der Waals surface area contributed by atoms with Gasteiger partial charge in [-0.3, -0.25) is 10.1 Å². The fourth-order valence-corrected chi connectivity index (χ4v) is 3.85. The third-order valence-corrected chi connectivity index (χ3v) is 5.49. The van der Waals surface area contributed by atoms with Crippen molar-refractivity contribution in [3.05, 3.63) is 42.0 Å². The summed E-state index contributed by atoms with van der Waals surface area (Å²) in [5.74, 6) is 1.64. The third kappa shape index (κ3) is 3.46. The van der Waals surface area contributed by atoms with Crippen molar-refractivity contribution in [2.45, 2.75) is 45.4 Å². The fourth-order valence-electron chi connectivity index (χ4n) is 3.85. The molecule has 0 atom stereocenters. The smallest absolute Gasteiger partial charge is 0.249 e. The zero-order chi connectivity index (χ0) is 19.7. The van der Waals surface area contributed by atoms with Crippen molar-refractivity contribution in [1.29, 1.82) is 0 Å². The lowest BCUT2D eigenvalue weighted by Gasteiger charge is -2.13. The molecule has 0 aliphatic heterocycles. The number of nitrogens with one attached hydrogen (secondary N) is 1. The number of nitrogens with zero attached hydrogens (tertiary/aromatic N) is 3. The van der Waals surface area contributed by atoms with Crippen LogP contribution in [0.2, 0.25) is 0 Å². The van der Waals surface area contributed by atoms with E-state index in [1.54, 1.807) is 11.6 Å². The molecule has 2 heterocycles. The minimum absolute atomic E-state index is 0.0225. The summed E-state index contributed by atoms with van der Waals surface area (Å²) in [6, 6.07) is 12.0. The van der Waals surface area contributed by atoms with E-state index in [1.807, 2.05) is 24.3 Å². The highest BCUT2D eigenvalue weighted by molar-refractivity contribution is 5.91. The molecule has 6 heteroatoms. The molecular formula is C22H26N4O2. The first-order valence-electron chi connectivity index (χ1n) is 9.92. The van der Waals surface area contributed by atoms with Crippen LogP contribution in [0.5, 0.6) is 5.75 Å². The number of methoxy groups -OCH3 is 1. The predicted octanol–water partition coefficient (Wildman–Crippen LogP) is 4.66. The lowest BCUT2D eigenvalue weighted by atomic mass is 9.98. The maximum atomic E-state index is 12.4. The Bertz CT molecular complexity index is 1000. The largest absolute Gasteiger partial charge is 0.496 e. The van der Waals surface area contributed by atoms with Crippen LogP contribution in [0.15, 0.2) is 36.4 Å². The van der Waals surface area contributed by atoms with Crippen LogP contribution >= 0.6 is 0 Å². The van der Waals surface area contributed by atoms with Crippen LogP contribution < -0.4 is 10.1 Å². The van der Waals surface area contributed by atoms with Gasteiger partial charge in [0.25, 0.3) is 0 Å². The van der Waals surface area contributed by atoms with E-state index in [-0.39, 0.29) is 11.8 Å². The Morgan fingerprint density at radius 3 is 2.71 bits per heavy atom. The minimum Gasteiger partial charge on any atom is -0.496 e. The Balaban J connectivity index is 1.73. The van der Waals surface area contributed by atoms with Crippen molar-refractivity contribution >= 4 is 17.5 Å². The number of carbonyl (C=O) groups is 1. The minimum atomic E-state index is 0.0225. The molecule has 3 aromatic rings. The number of fused-ring (bicyclic) bond motifs is 1. The molecule has 1 aromatic carbocycles. The van der Waals surface area contributed by atoms with Gasteiger partial charge in [0.05, 0.1) is 12.8 Å². The number of benzene rings is 1. The van der Waals surface area contributed by atoms with Gasteiger partial charge in [0.15, 0.2) is 5.65 Å². The number of rotatable bonds is 5. The van der Waals surface area contributed by atoms with Gasteiger partial charge < -0.3 is 4.74 Å². The molecule has 146 valence electrons. The van der Waals surface area contributed by atoms with Crippen molar-refractivity contribution in [2.75, 3.05) is 12.4 Å². The molecule has 28 heavy (non-hydrogen) atoms. The number of hydrogen-bond donors (Lipinski definition) is 1. The predicted molar refractivity (Wildman–Crippen MR) is 110 cm³/mol. The number of amides is 1. The third-order valence-electron chi connectivity index (χ3n) is 5.49. The first-order chi connectivity index (χ1) is 13.6. The molecule has 0 bridgehead atoms. The lowest BCUT2D eigenvalue weighted by molar-refractivity contribution is -0.119. The van der Waals surface area contributed by atoms with Crippen molar-refractivity contribution in [3.8, 4) is 17.0 Å². The van der Waals surface area contributed by atoms with Crippen LogP contribution in [0, 0.1) is 5.92 Å². The second kappa shape index (κ2) is 7.62. The average Bonchev–Trinajstić information content (AvgIpc) is 3.36. The van der Waals surface area contributed by atoms with E-state index < -0.39 is 0 Å². The number of carbonyl (C=O) groups excluding carboxylic acids is 1. The van der Waals surface area contributed by atoms with Gasteiger partial charge in [0, 0.05) is 11.5 Å². The highest BCUT2D eigenvalue weighted by atomic mass is 16.5. The molecule has 4 rings (SSSR count). The molecule has 1 N–H and O–H groups in total. The monoisotopic (exact) mass is 378 g/mol. The Hall–Kier alpha value is -2.89. The van der Waals surface area contributed by atoms with E-state index in [9.17, 15) is 4.79 Å². The summed E-state index contributed by atoms with van der Waals surface area (Å²) in [4.78, 5) is 16.9. The van der Waals surface area contributed by atoms with Crippen LogP contribution in [0.4, 0.5) is 5.95 Å². The Labute approximate surface area is 164 Å². The zero-order valence-electron chi connectivity index (χ0n) is 16.6. The number of pyridine rings is 1.